The number of aromatic nitrogens is 2. The van der Waals surface area contributed by atoms with Crippen molar-refractivity contribution in [2.75, 3.05) is 14.2 Å². The number of hydrogen-bond donors (Lipinski definition) is 0. The number of carbonyl (C=O) groups is 2. The van der Waals surface area contributed by atoms with Crippen LogP contribution in [0.25, 0.3) is 11.4 Å². The first-order valence-corrected chi connectivity index (χ1v) is 10.7. The van der Waals surface area contributed by atoms with Crippen molar-refractivity contribution in [3.8, 4) is 22.9 Å². The molecule has 0 bridgehead atoms. The van der Waals surface area contributed by atoms with Crippen LogP contribution in [0.5, 0.6) is 11.5 Å². The number of ether oxygens (including phenoxy) is 2. The van der Waals surface area contributed by atoms with Crippen molar-refractivity contribution in [1.82, 2.24) is 15.0 Å². The topological polar surface area (TPSA) is 94.8 Å². The standard InChI is InChI=1S/C26H21N3O5/c1-32-21-13-12-17(15-22(21)33-2)23-27-24(34-28-23)20(14-16-8-4-3-5-9-16)29-25(30)18-10-6-7-11-19(18)26(29)31/h3-13,15,20H,14H2,1-2H3. The first-order valence-electron chi connectivity index (χ1n) is 10.7. The van der Waals surface area contributed by atoms with Crippen molar-refractivity contribution >= 4 is 11.8 Å². The van der Waals surface area contributed by atoms with Gasteiger partial charge in [0, 0.05) is 12.0 Å². The summed E-state index contributed by atoms with van der Waals surface area (Å²) in [7, 11) is 3.10. The number of fused-ring (bicyclic) bond motifs is 1. The van der Waals surface area contributed by atoms with Crippen LogP contribution in [0.2, 0.25) is 0 Å². The van der Waals surface area contributed by atoms with Crippen LogP contribution < -0.4 is 9.47 Å². The molecule has 1 aromatic heterocycles. The lowest BCUT2D eigenvalue weighted by molar-refractivity contribution is 0.0551. The van der Waals surface area contributed by atoms with E-state index in [9.17, 15) is 9.59 Å². The molecule has 1 unspecified atom stereocenters. The molecule has 170 valence electrons. The summed E-state index contributed by atoms with van der Waals surface area (Å²) in [5.41, 5.74) is 2.30. The monoisotopic (exact) mass is 455 g/mol. The van der Waals surface area contributed by atoms with Gasteiger partial charge in [-0.15, -0.1) is 0 Å². The molecule has 1 aliphatic rings. The third-order valence-corrected chi connectivity index (χ3v) is 5.78. The van der Waals surface area contributed by atoms with Crippen LogP contribution in [-0.4, -0.2) is 41.1 Å². The van der Waals surface area contributed by atoms with Gasteiger partial charge in [0.15, 0.2) is 11.5 Å². The van der Waals surface area contributed by atoms with Crippen molar-refractivity contribution in [3.63, 3.8) is 0 Å². The highest BCUT2D eigenvalue weighted by atomic mass is 16.5. The van der Waals surface area contributed by atoms with Crippen LogP contribution in [0.3, 0.4) is 0 Å². The van der Waals surface area contributed by atoms with Crippen molar-refractivity contribution in [2.24, 2.45) is 0 Å². The highest BCUT2D eigenvalue weighted by Gasteiger charge is 2.42. The van der Waals surface area contributed by atoms with E-state index in [0.29, 0.717) is 40.4 Å². The molecule has 0 saturated carbocycles. The second-order valence-electron chi connectivity index (χ2n) is 7.76. The number of carbonyl (C=O) groups excluding carboxylic acids is 2. The minimum atomic E-state index is -0.767. The van der Waals surface area contributed by atoms with Crippen molar-refractivity contribution in [2.45, 2.75) is 12.5 Å². The Bertz CT molecular complexity index is 1330. The van der Waals surface area contributed by atoms with E-state index in [-0.39, 0.29) is 17.7 Å². The van der Waals surface area contributed by atoms with Crippen LogP contribution in [0.1, 0.15) is 38.2 Å². The summed E-state index contributed by atoms with van der Waals surface area (Å²) in [4.78, 5) is 32.2. The maximum atomic E-state index is 13.2. The first-order chi connectivity index (χ1) is 16.6. The highest BCUT2D eigenvalue weighted by Crippen LogP contribution is 2.35. The molecule has 34 heavy (non-hydrogen) atoms. The molecule has 0 N–H and O–H groups in total. The zero-order valence-electron chi connectivity index (χ0n) is 18.6. The second-order valence-corrected chi connectivity index (χ2v) is 7.76. The van der Waals surface area contributed by atoms with Crippen LogP contribution in [0.15, 0.2) is 77.3 Å². The van der Waals surface area contributed by atoms with Gasteiger partial charge >= 0.3 is 0 Å². The molecule has 2 amide bonds. The van der Waals surface area contributed by atoms with Gasteiger partial charge in [0.05, 0.1) is 25.3 Å². The molecule has 1 atom stereocenters. The summed E-state index contributed by atoms with van der Waals surface area (Å²) in [5.74, 6) is 0.809. The van der Waals surface area contributed by atoms with E-state index in [1.807, 2.05) is 30.3 Å². The largest absolute Gasteiger partial charge is 0.493 e. The number of rotatable bonds is 7. The Balaban J connectivity index is 1.54. The lowest BCUT2D eigenvalue weighted by Crippen LogP contribution is -2.35. The van der Waals surface area contributed by atoms with Crippen molar-refractivity contribution in [3.05, 3.63) is 95.4 Å². The number of amides is 2. The Morgan fingerprint density at radius 1 is 0.853 bits per heavy atom. The molecule has 0 aliphatic carbocycles. The van der Waals surface area contributed by atoms with Crippen molar-refractivity contribution in [1.29, 1.82) is 0 Å². The third kappa shape index (κ3) is 3.69. The van der Waals surface area contributed by atoms with Crippen molar-refractivity contribution < 1.29 is 23.6 Å². The van der Waals surface area contributed by atoms with Crippen LogP contribution >= 0.6 is 0 Å². The van der Waals surface area contributed by atoms with E-state index >= 15 is 0 Å². The third-order valence-electron chi connectivity index (χ3n) is 5.78. The normalized spacial score (nSPS) is 13.6. The van der Waals surface area contributed by atoms with E-state index in [0.717, 1.165) is 5.56 Å². The average molecular weight is 455 g/mol. The molecular weight excluding hydrogens is 434 g/mol. The van der Waals surface area contributed by atoms with Crippen LogP contribution in [0, 0.1) is 0 Å². The number of imide groups is 1. The Kier molecular flexibility index (Phi) is 5.55. The molecule has 2 heterocycles. The summed E-state index contributed by atoms with van der Waals surface area (Å²) in [5, 5.41) is 4.12. The Morgan fingerprint density at radius 2 is 1.50 bits per heavy atom. The number of methoxy groups -OCH3 is 2. The summed E-state index contributed by atoms with van der Waals surface area (Å²) >= 11 is 0. The predicted molar refractivity (Wildman–Crippen MR) is 123 cm³/mol. The van der Waals surface area contributed by atoms with E-state index in [1.54, 1.807) is 56.7 Å². The number of nitrogens with zero attached hydrogens (tertiary/aromatic N) is 3. The van der Waals surface area contributed by atoms with Gasteiger partial charge in [-0.3, -0.25) is 14.5 Å². The molecule has 0 saturated heterocycles. The highest BCUT2D eigenvalue weighted by molar-refractivity contribution is 6.21. The lowest BCUT2D eigenvalue weighted by Gasteiger charge is -2.23. The van der Waals surface area contributed by atoms with Gasteiger partial charge < -0.3 is 14.0 Å². The molecule has 5 rings (SSSR count). The Morgan fingerprint density at radius 3 is 2.15 bits per heavy atom. The van der Waals surface area contributed by atoms with Gasteiger partial charge in [0.2, 0.25) is 5.82 Å². The predicted octanol–water partition coefficient (Wildman–Crippen LogP) is 4.33. The lowest BCUT2D eigenvalue weighted by atomic mass is 10.0. The second kappa shape index (κ2) is 8.82. The van der Waals surface area contributed by atoms with Gasteiger partial charge in [-0.25, -0.2) is 0 Å². The van der Waals surface area contributed by atoms with Crippen LogP contribution in [0.4, 0.5) is 0 Å². The fraction of sp³-hybridized carbons (Fsp3) is 0.154. The average Bonchev–Trinajstić information content (AvgIpc) is 3.47. The van der Waals surface area contributed by atoms with Gasteiger partial charge in [-0.1, -0.05) is 47.6 Å². The fourth-order valence-electron chi connectivity index (χ4n) is 4.08. The van der Waals surface area contributed by atoms with Gasteiger partial charge in [0.25, 0.3) is 17.7 Å². The summed E-state index contributed by atoms with van der Waals surface area (Å²) in [6.45, 7) is 0. The molecule has 1 aliphatic heterocycles. The van der Waals surface area contributed by atoms with Gasteiger partial charge in [-0.2, -0.15) is 4.98 Å². The fourth-order valence-corrected chi connectivity index (χ4v) is 4.08. The molecule has 8 nitrogen and oxygen atoms in total. The molecular formula is C26H21N3O5. The molecule has 3 aromatic carbocycles. The Labute approximate surface area is 195 Å². The van der Waals surface area contributed by atoms with Gasteiger partial charge in [-0.05, 0) is 35.9 Å². The molecule has 8 heteroatoms. The summed E-state index contributed by atoms with van der Waals surface area (Å²) in [6.07, 6.45) is 0.333. The summed E-state index contributed by atoms with van der Waals surface area (Å²) < 4.78 is 16.3. The van der Waals surface area contributed by atoms with E-state index < -0.39 is 6.04 Å². The van der Waals surface area contributed by atoms with Crippen LogP contribution in [-0.2, 0) is 6.42 Å². The number of benzene rings is 3. The maximum absolute atomic E-state index is 13.2. The number of hydrogen-bond acceptors (Lipinski definition) is 7. The smallest absolute Gasteiger partial charge is 0.262 e. The zero-order valence-corrected chi connectivity index (χ0v) is 18.6. The zero-order chi connectivity index (χ0) is 23.7. The first kappa shape index (κ1) is 21.4. The van der Waals surface area contributed by atoms with E-state index in [1.165, 1.54) is 4.90 Å². The molecule has 0 spiro atoms. The Hall–Kier alpha value is -4.46. The van der Waals surface area contributed by atoms with E-state index in [2.05, 4.69) is 10.1 Å². The quantitative estimate of drug-likeness (QED) is 0.383. The SMILES string of the molecule is COc1ccc(-c2noc(C(Cc3ccccc3)N3C(=O)c4ccccc4C3=O)n2)cc1OC. The maximum Gasteiger partial charge on any atom is 0.262 e. The summed E-state index contributed by atoms with van der Waals surface area (Å²) in [6, 6.07) is 20.8. The van der Waals surface area contributed by atoms with E-state index in [4.69, 9.17) is 14.0 Å². The molecule has 0 fully saturated rings. The van der Waals surface area contributed by atoms with Gasteiger partial charge in [0.1, 0.15) is 6.04 Å². The molecule has 0 radical (unpaired) electrons. The minimum absolute atomic E-state index is 0.170. The minimum Gasteiger partial charge on any atom is -0.493 e. The molecule has 4 aromatic rings.